The van der Waals surface area contributed by atoms with Gasteiger partial charge in [-0.2, -0.15) is 0 Å². The highest BCUT2D eigenvalue weighted by Crippen LogP contribution is 2.51. The van der Waals surface area contributed by atoms with Gasteiger partial charge in [0.2, 0.25) is 0 Å². The van der Waals surface area contributed by atoms with Crippen LogP contribution in [0.3, 0.4) is 0 Å². The van der Waals surface area contributed by atoms with E-state index in [0.717, 1.165) is 12.8 Å². The van der Waals surface area contributed by atoms with Gasteiger partial charge in [-0.1, -0.05) is 88.4 Å². The van der Waals surface area contributed by atoms with E-state index in [0.29, 0.717) is 0 Å². The normalized spacial score (nSPS) is 18.7. The molecule has 0 unspecified atom stereocenters. The molecule has 4 heteroatoms. The fourth-order valence-corrected chi connectivity index (χ4v) is 9.89. The van der Waals surface area contributed by atoms with Crippen molar-refractivity contribution in [3.8, 4) is 0 Å². The first-order valence-electron chi connectivity index (χ1n) is 16.6. The number of fused-ring (bicyclic) bond motifs is 7. The average molecular weight is 603 g/mol. The van der Waals surface area contributed by atoms with Crippen molar-refractivity contribution in [1.82, 2.24) is 0 Å². The van der Waals surface area contributed by atoms with Crippen molar-refractivity contribution in [2.75, 3.05) is 9.80 Å². The minimum Gasteiger partial charge on any atom is -0.314 e. The Hall–Kier alpha value is -4.02. The monoisotopic (exact) mass is 602 g/mol. The van der Waals surface area contributed by atoms with Crippen LogP contribution in [0.4, 0.5) is 28.4 Å². The lowest BCUT2D eigenvalue weighted by Gasteiger charge is -2.47. The van der Waals surface area contributed by atoms with Crippen LogP contribution in [0.2, 0.25) is 0 Å². The molecule has 0 saturated carbocycles. The Bertz CT molecular complexity index is 2110. The van der Waals surface area contributed by atoms with Gasteiger partial charge in [0.05, 0.1) is 5.69 Å². The zero-order chi connectivity index (χ0) is 30.7. The van der Waals surface area contributed by atoms with Gasteiger partial charge >= 0.3 is 0 Å². The predicted molar refractivity (Wildman–Crippen MR) is 196 cm³/mol. The van der Waals surface area contributed by atoms with E-state index in [2.05, 4.69) is 142 Å². The maximum Gasteiger partial charge on any atom is 0.264 e. The number of allylic oxidation sites excluding steroid dienone is 4. The third-order valence-corrected chi connectivity index (χ3v) is 12.3. The summed E-state index contributed by atoms with van der Waals surface area (Å²) in [6.07, 6.45) is 11.4. The maximum absolute atomic E-state index is 2.65. The second-order valence-corrected chi connectivity index (χ2v) is 15.8. The highest BCUT2D eigenvalue weighted by molar-refractivity contribution is 7.33. The molecule has 0 atom stereocenters. The largest absolute Gasteiger partial charge is 0.314 e. The molecule has 222 valence electrons. The summed E-state index contributed by atoms with van der Waals surface area (Å²) in [6, 6.07) is 30.3. The molecule has 0 saturated heterocycles. The molecule has 9 rings (SSSR count). The van der Waals surface area contributed by atoms with Gasteiger partial charge in [-0.3, -0.25) is 0 Å². The zero-order valence-electron chi connectivity index (χ0n) is 26.9. The van der Waals surface area contributed by atoms with Crippen molar-refractivity contribution in [3.63, 3.8) is 0 Å². The van der Waals surface area contributed by atoms with Gasteiger partial charge in [0.15, 0.2) is 0 Å². The highest BCUT2D eigenvalue weighted by atomic mass is 32.1. The standard InChI is InChI=1S/C41H39BN2S/c1-26-14-9-11-18-32(26)44-34-20-13-19-33-37(34)42(31-24-29-30(25-35(31)44)41(4,5)23-22-40(29,2)3)39-38(28-17-10-12-21-36(28)45-39)43(33)27-15-7-6-8-16-27/h6-7,9-15,17-21,24-25H,8,16,22-23H2,1-5H3. The number of nitrogens with zero attached hydrogens (tertiary/aromatic N) is 2. The number of rotatable bonds is 2. The van der Waals surface area contributed by atoms with Crippen LogP contribution in [-0.4, -0.2) is 6.71 Å². The third-order valence-electron chi connectivity index (χ3n) is 11.1. The fourth-order valence-electron chi connectivity index (χ4n) is 8.57. The lowest BCUT2D eigenvalue weighted by Crippen LogP contribution is -2.61. The molecule has 45 heavy (non-hydrogen) atoms. The Balaban J connectivity index is 1.43. The van der Waals surface area contributed by atoms with Crippen LogP contribution in [0.5, 0.6) is 0 Å². The molecule has 4 aromatic carbocycles. The molecule has 2 aliphatic carbocycles. The molecule has 3 heterocycles. The van der Waals surface area contributed by atoms with Gasteiger partial charge < -0.3 is 9.80 Å². The minimum absolute atomic E-state index is 0.131. The number of thiophene rings is 1. The fraction of sp³-hybridized carbons (Fsp3) is 0.268. The zero-order valence-corrected chi connectivity index (χ0v) is 27.8. The molecule has 0 amide bonds. The molecule has 0 bridgehead atoms. The number of benzene rings is 4. The van der Waals surface area contributed by atoms with Crippen LogP contribution in [0.1, 0.15) is 70.1 Å². The van der Waals surface area contributed by atoms with Gasteiger partial charge in [0.1, 0.15) is 0 Å². The lowest BCUT2D eigenvalue weighted by atomic mass is 9.35. The maximum atomic E-state index is 2.65. The molecule has 0 fully saturated rings. The van der Waals surface area contributed by atoms with E-state index in [4.69, 9.17) is 0 Å². The SMILES string of the molecule is Cc1ccccc1N1c2cc3c(cc2B2c4sc5ccccc5c4N(C4=CC=CCC4)c4cccc1c42)C(C)(C)CCC3(C)C. The Morgan fingerprint density at radius 3 is 2.18 bits per heavy atom. The number of hydrogen-bond acceptors (Lipinski definition) is 3. The second-order valence-electron chi connectivity index (χ2n) is 14.8. The number of para-hydroxylation sites is 1. The molecule has 4 aliphatic rings. The van der Waals surface area contributed by atoms with E-state index in [-0.39, 0.29) is 17.5 Å². The van der Waals surface area contributed by atoms with Gasteiger partial charge in [-0.05, 0) is 107 Å². The Labute approximate surface area is 271 Å². The summed E-state index contributed by atoms with van der Waals surface area (Å²) in [6.45, 7) is 12.3. The smallest absolute Gasteiger partial charge is 0.264 e. The first-order valence-corrected chi connectivity index (χ1v) is 17.4. The average Bonchev–Trinajstić information content (AvgIpc) is 3.43. The van der Waals surface area contributed by atoms with Crippen molar-refractivity contribution in [2.24, 2.45) is 0 Å². The van der Waals surface area contributed by atoms with E-state index >= 15 is 0 Å². The summed E-state index contributed by atoms with van der Waals surface area (Å²) in [4.78, 5) is 5.23. The summed E-state index contributed by atoms with van der Waals surface area (Å²) in [5, 5.41) is 1.37. The van der Waals surface area contributed by atoms with Gasteiger partial charge in [0.25, 0.3) is 6.71 Å². The Kier molecular flexibility index (Phi) is 5.76. The highest BCUT2D eigenvalue weighted by Gasteiger charge is 2.47. The van der Waals surface area contributed by atoms with E-state index in [1.165, 1.54) is 89.5 Å². The van der Waals surface area contributed by atoms with Crippen molar-refractivity contribution in [2.45, 2.75) is 71.1 Å². The van der Waals surface area contributed by atoms with Crippen LogP contribution in [0, 0.1) is 6.92 Å². The van der Waals surface area contributed by atoms with Crippen molar-refractivity contribution in [1.29, 1.82) is 0 Å². The minimum atomic E-state index is 0.131. The van der Waals surface area contributed by atoms with E-state index in [9.17, 15) is 0 Å². The van der Waals surface area contributed by atoms with E-state index < -0.39 is 0 Å². The summed E-state index contributed by atoms with van der Waals surface area (Å²) in [5.41, 5.74) is 15.5. The van der Waals surface area contributed by atoms with Crippen LogP contribution in [0.15, 0.2) is 103 Å². The van der Waals surface area contributed by atoms with Crippen LogP contribution >= 0.6 is 11.3 Å². The molecule has 5 aromatic rings. The van der Waals surface area contributed by atoms with E-state index in [1.54, 1.807) is 0 Å². The molecular formula is C41H39BN2S. The summed E-state index contributed by atoms with van der Waals surface area (Å²) in [7, 11) is 0. The first-order chi connectivity index (χ1) is 21.7. The predicted octanol–water partition coefficient (Wildman–Crippen LogP) is 9.54. The molecule has 0 radical (unpaired) electrons. The number of aryl methyl sites for hydroxylation is 1. The molecular weight excluding hydrogens is 563 g/mol. The summed E-state index contributed by atoms with van der Waals surface area (Å²) in [5.74, 6) is 0. The third kappa shape index (κ3) is 3.81. The second kappa shape index (κ2) is 9.50. The van der Waals surface area contributed by atoms with Crippen molar-refractivity contribution < 1.29 is 0 Å². The topological polar surface area (TPSA) is 6.48 Å². The number of hydrogen-bond donors (Lipinski definition) is 0. The number of anilines is 5. The van der Waals surface area contributed by atoms with Crippen LogP contribution in [-0.2, 0) is 10.8 Å². The quantitative estimate of drug-likeness (QED) is 0.182. The Morgan fingerprint density at radius 1 is 0.733 bits per heavy atom. The summed E-state index contributed by atoms with van der Waals surface area (Å²) >= 11 is 2.00. The van der Waals surface area contributed by atoms with Crippen LogP contribution < -0.4 is 25.5 Å². The first kappa shape index (κ1) is 27.3. The van der Waals surface area contributed by atoms with Crippen LogP contribution in [0.25, 0.3) is 10.1 Å². The van der Waals surface area contributed by atoms with Gasteiger partial charge in [0, 0.05) is 43.3 Å². The van der Waals surface area contributed by atoms with Gasteiger partial charge in [-0.25, -0.2) is 0 Å². The molecule has 2 aliphatic heterocycles. The Morgan fingerprint density at radius 2 is 1.42 bits per heavy atom. The molecule has 0 spiro atoms. The molecule has 1 aromatic heterocycles. The molecule has 2 nitrogen and oxygen atoms in total. The van der Waals surface area contributed by atoms with Crippen molar-refractivity contribution >= 4 is 72.3 Å². The summed E-state index contributed by atoms with van der Waals surface area (Å²) < 4.78 is 2.85. The lowest BCUT2D eigenvalue weighted by molar-refractivity contribution is 0.332. The van der Waals surface area contributed by atoms with E-state index in [1.807, 2.05) is 11.3 Å². The van der Waals surface area contributed by atoms with Gasteiger partial charge in [-0.15, -0.1) is 11.3 Å². The molecule has 0 N–H and O–H groups in total. The van der Waals surface area contributed by atoms with Crippen molar-refractivity contribution in [3.05, 3.63) is 119 Å².